The molecule has 0 bridgehead atoms. The molecule has 3 aliphatic heterocycles. The number of sulfone groups is 1. The molecule has 0 unspecified atom stereocenters. The van der Waals surface area contributed by atoms with Gasteiger partial charge in [0.05, 0.1) is 107 Å². The van der Waals surface area contributed by atoms with Gasteiger partial charge in [0, 0.05) is 37.7 Å². The molecule has 11 aromatic rings. The Labute approximate surface area is 496 Å². The highest BCUT2D eigenvalue weighted by molar-refractivity contribution is 7.99. The van der Waals surface area contributed by atoms with Gasteiger partial charge in [0.2, 0.25) is 9.84 Å². The van der Waals surface area contributed by atoms with Crippen molar-refractivity contribution >= 4 is 107 Å². The lowest BCUT2D eigenvalue weighted by molar-refractivity contribution is 0.595. The van der Waals surface area contributed by atoms with E-state index >= 15 is 0 Å². The monoisotopic (exact) mass is 1150 g/mol. The van der Waals surface area contributed by atoms with Crippen molar-refractivity contribution in [3.8, 4) is 39.1 Å². The Morgan fingerprint density at radius 2 is 0.699 bits per heavy atom. The third kappa shape index (κ3) is 9.68. The number of aryl methyl sites for hydroxylation is 4. The standard InChI is InChI=1S/C27H16N2O2S3.C22H19N3.C21H16N2S/c28-17-18-15-19(23-9-5-13-32-23)27(20(16-18)24-10-6-14-33-24)29-21-7-1-3-11-25(21)34(30,31)26-12-4-2-8-22(26)29;1-15-12-17(14-23)13-16(2)22(15)25-20-10-6-4-8-18(20)24(3)19-9-5-7-11-21(19)25;1-14-11-16(13-22)12-15(2)21(14)23-17-7-3-5-9-19(17)24-20-10-6-4-8-18(20)23/h1-16H;4-13H,1-3H3;3-12H,1-2H3. The number of hydrogen-bond donors (Lipinski definition) is 0. The summed E-state index contributed by atoms with van der Waals surface area (Å²) < 4.78 is 27.1. The first-order chi connectivity index (χ1) is 40.4. The number of anilines is 11. The first kappa shape index (κ1) is 54.0. The molecule has 3 aliphatic rings. The van der Waals surface area contributed by atoms with E-state index in [-0.39, 0.29) is 9.79 Å². The number of nitriles is 3. The fraction of sp³-hybridized carbons (Fsp3) is 0.0714. The van der Waals surface area contributed by atoms with Gasteiger partial charge in [-0.25, -0.2) is 8.42 Å². The Kier molecular flexibility index (Phi) is 14.5. The van der Waals surface area contributed by atoms with Crippen LogP contribution < -0.4 is 19.6 Å². The van der Waals surface area contributed by atoms with Crippen molar-refractivity contribution in [1.82, 2.24) is 0 Å². The maximum Gasteiger partial charge on any atom is 0.210 e. The third-order valence-corrected chi connectivity index (χ3v) is 19.7. The van der Waals surface area contributed by atoms with E-state index in [4.69, 9.17) is 0 Å². The highest BCUT2D eigenvalue weighted by Crippen LogP contribution is 2.56. The average Bonchev–Trinajstić information content (AvgIpc) is 3.05. The Morgan fingerprint density at radius 3 is 1.08 bits per heavy atom. The van der Waals surface area contributed by atoms with Crippen LogP contribution in [0, 0.1) is 61.7 Å². The van der Waals surface area contributed by atoms with Gasteiger partial charge in [-0.1, -0.05) is 96.7 Å². The molecule has 5 heterocycles. The Bertz CT molecular complexity index is 4340. The van der Waals surface area contributed by atoms with Gasteiger partial charge < -0.3 is 19.6 Å². The Hall–Kier alpha value is -9.65. The Balaban J connectivity index is 0.000000126. The molecule has 0 fully saturated rings. The topological polar surface area (TPSA) is 118 Å². The summed E-state index contributed by atoms with van der Waals surface area (Å²) in [5.41, 5.74) is 19.6. The maximum absolute atomic E-state index is 13.5. The molecule has 0 atom stereocenters. The molecule has 0 aliphatic carbocycles. The minimum absolute atomic E-state index is 0.271. The van der Waals surface area contributed by atoms with Gasteiger partial charge in [0.25, 0.3) is 0 Å². The van der Waals surface area contributed by atoms with E-state index in [0.717, 1.165) is 71.6 Å². The predicted molar refractivity (Wildman–Crippen MR) is 341 cm³/mol. The normalized spacial score (nSPS) is 12.9. The van der Waals surface area contributed by atoms with Gasteiger partial charge in [-0.2, -0.15) is 15.8 Å². The summed E-state index contributed by atoms with van der Waals surface area (Å²) in [6.07, 6.45) is 0. The van der Waals surface area contributed by atoms with Gasteiger partial charge in [-0.3, -0.25) is 0 Å². The fourth-order valence-corrected chi connectivity index (χ4v) is 15.6. The summed E-state index contributed by atoms with van der Waals surface area (Å²) in [6, 6.07) is 74.6. The number of benzene rings is 9. The first-order valence-electron chi connectivity index (χ1n) is 26.7. The van der Waals surface area contributed by atoms with Crippen molar-refractivity contribution in [3.05, 3.63) is 256 Å². The number of fused-ring (bicyclic) bond motifs is 6. The van der Waals surface area contributed by atoms with Crippen LogP contribution in [0.4, 0.5) is 62.6 Å². The summed E-state index contributed by atoms with van der Waals surface area (Å²) >= 11 is 4.99. The number of thiophene rings is 2. The highest BCUT2D eigenvalue weighted by atomic mass is 32.2. The van der Waals surface area contributed by atoms with E-state index in [9.17, 15) is 24.2 Å². The molecule has 13 heteroatoms. The van der Waals surface area contributed by atoms with Crippen LogP contribution in [0.15, 0.2) is 237 Å². The van der Waals surface area contributed by atoms with E-state index in [1.54, 1.807) is 58.7 Å². The zero-order valence-corrected chi connectivity index (χ0v) is 49.1. The first-order valence-corrected chi connectivity index (χ1v) is 30.8. The van der Waals surface area contributed by atoms with Gasteiger partial charge in [-0.15, -0.1) is 22.7 Å². The number of rotatable bonds is 5. The average molecular weight is 1150 g/mol. The van der Waals surface area contributed by atoms with Crippen molar-refractivity contribution in [2.24, 2.45) is 0 Å². The number of hydrogen-bond acceptors (Lipinski definition) is 12. The zero-order valence-electron chi connectivity index (χ0n) is 45.9. The van der Waals surface area contributed by atoms with E-state index in [1.807, 2.05) is 101 Å². The molecule has 0 amide bonds. The zero-order chi connectivity index (χ0) is 57.5. The van der Waals surface area contributed by atoms with Crippen LogP contribution in [0.2, 0.25) is 0 Å². The molecular weight excluding hydrogens is 1100 g/mol. The SMILES string of the molecule is Cc1cc(C#N)cc(C)c1N1c2ccccc2N(C)c2ccccc21.Cc1cc(C#N)cc(C)c1N1c2ccccc2Sc2ccccc21.N#Cc1cc(-c2cccs2)c(N2c3ccccc3S(=O)(=O)c3ccccc32)c(-c2cccs2)c1. The van der Waals surface area contributed by atoms with Gasteiger partial charge in [-0.05, 0) is 182 Å². The molecule has 0 radical (unpaired) electrons. The minimum Gasteiger partial charge on any atom is -0.341 e. The number of para-hydroxylation sites is 8. The van der Waals surface area contributed by atoms with Gasteiger partial charge >= 0.3 is 0 Å². The molecule has 14 rings (SSSR count). The van der Waals surface area contributed by atoms with Crippen molar-refractivity contribution in [3.63, 3.8) is 0 Å². The number of nitrogens with zero attached hydrogens (tertiary/aromatic N) is 7. The van der Waals surface area contributed by atoms with Crippen molar-refractivity contribution in [2.75, 3.05) is 26.6 Å². The summed E-state index contributed by atoms with van der Waals surface area (Å²) in [5, 5.41) is 32.3. The lowest BCUT2D eigenvalue weighted by Gasteiger charge is -2.39. The van der Waals surface area contributed by atoms with Crippen LogP contribution in [0.25, 0.3) is 20.9 Å². The molecule has 0 saturated heterocycles. The second-order valence-corrected chi connectivity index (χ2v) is 25.0. The van der Waals surface area contributed by atoms with Crippen molar-refractivity contribution < 1.29 is 8.42 Å². The minimum atomic E-state index is -3.68. The molecule has 9 aromatic carbocycles. The van der Waals surface area contributed by atoms with Crippen molar-refractivity contribution in [1.29, 1.82) is 15.8 Å². The van der Waals surface area contributed by atoms with Gasteiger partial charge in [0.15, 0.2) is 0 Å². The van der Waals surface area contributed by atoms with Crippen LogP contribution in [0.5, 0.6) is 0 Å². The molecule has 9 nitrogen and oxygen atoms in total. The summed E-state index contributed by atoms with van der Waals surface area (Å²) in [5.74, 6) is 0. The molecular formula is C70H51N7O2S4. The molecule has 0 spiro atoms. The second kappa shape index (κ2) is 22.4. The third-order valence-electron chi connectivity index (χ3n) is 14.9. The molecule has 0 saturated carbocycles. The highest BCUT2D eigenvalue weighted by Gasteiger charge is 2.37. The van der Waals surface area contributed by atoms with Crippen molar-refractivity contribution in [2.45, 2.75) is 47.3 Å². The smallest absolute Gasteiger partial charge is 0.210 e. The molecule has 83 heavy (non-hydrogen) atoms. The summed E-state index contributed by atoms with van der Waals surface area (Å²) in [6.45, 7) is 8.31. The quantitative estimate of drug-likeness (QED) is 0.165. The van der Waals surface area contributed by atoms with Crippen LogP contribution in [0.3, 0.4) is 0 Å². The van der Waals surface area contributed by atoms with E-state index in [2.05, 4.69) is 165 Å². The maximum atomic E-state index is 13.5. The fourth-order valence-electron chi connectivity index (χ4n) is 11.5. The van der Waals surface area contributed by atoms with Crippen LogP contribution in [0.1, 0.15) is 38.9 Å². The van der Waals surface area contributed by atoms with E-state index in [0.29, 0.717) is 28.1 Å². The van der Waals surface area contributed by atoms with E-state index in [1.165, 1.54) is 32.5 Å². The lowest BCUT2D eigenvalue weighted by Crippen LogP contribution is -2.25. The van der Waals surface area contributed by atoms with Crippen LogP contribution in [-0.4, -0.2) is 15.5 Å². The summed E-state index contributed by atoms with van der Waals surface area (Å²) in [4.78, 5) is 14.0. The molecule has 2 aromatic heterocycles. The van der Waals surface area contributed by atoms with Gasteiger partial charge in [0.1, 0.15) is 0 Å². The van der Waals surface area contributed by atoms with E-state index < -0.39 is 9.84 Å². The van der Waals surface area contributed by atoms with Crippen LogP contribution in [-0.2, 0) is 9.84 Å². The largest absolute Gasteiger partial charge is 0.341 e. The molecule has 402 valence electrons. The second-order valence-electron chi connectivity index (χ2n) is 20.1. The lowest BCUT2D eigenvalue weighted by atomic mass is 9.98. The van der Waals surface area contributed by atoms with Crippen LogP contribution >= 0.6 is 34.4 Å². The summed E-state index contributed by atoms with van der Waals surface area (Å²) in [7, 11) is -1.57. The molecule has 0 N–H and O–H groups in total. The predicted octanol–water partition coefficient (Wildman–Crippen LogP) is 19.5. The Morgan fingerprint density at radius 1 is 0.373 bits per heavy atom.